The van der Waals surface area contributed by atoms with Crippen LogP contribution in [-0.2, 0) is 11.2 Å². The largest absolute Gasteiger partial charge is 0.459 e. The summed E-state index contributed by atoms with van der Waals surface area (Å²) in [7, 11) is 0. The van der Waals surface area contributed by atoms with E-state index in [-0.39, 0.29) is 11.8 Å². The second-order valence-electron chi connectivity index (χ2n) is 6.53. The second-order valence-corrected chi connectivity index (χ2v) is 6.53. The molecule has 0 spiro atoms. The molecule has 2 aromatic rings. The first kappa shape index (κ1) is 16.3. The van der Waals surface area contributed by atoms with E-state index in [2.05, 4.69) is 5.32 Å². The number of aryl methyl sites for hydroxylation is 1. The maximum atomic E-state index is 12.6. The van der Waals surface area contributed by atoms with Gasteiger partial charge in [-0.05, 0) is 54.7 Å². The molecule has 0 aliphatic carbocycles. The van der Waals surface area contributed by atoms with E-state index in [9.17, 15) is 9.59 Å². The number of nitrogens with one attached hydrogen (secondary N) is 1. The lowest BCUT2D eigenvalue weighted by Gasteiger charge is -2.29. The van der Waals surface area contributed by atoms with Gasteiger partial charge in [0.1, 0.15) is 0 Å². The Balaban J connectivity index is 1.80. The van der Waals surface area contributed by atoms with Crippen molar-refractivity contribution in [3.05, 3.63) is 47.9 Å². The fraction of sp³-hybridized carbons (Fsp3) is 0.368. The topological polar surface area (TPSA) is 62.6 Å². The lowest BCUT2D eigenvalue weighted by atomic mass is 10.0. The Morgan fingerprint density at radius 2 is 2.12 bits per heavy atom. The van der Waals surface area contributed by atoms with E-state index in [4.69, 9.17) is 4.42 Å². The van der Waals surface area contributed by atoms with Crippen LogP contribution in [0.1, 0.15) is 42.8 Å². The fourth-order valence-corrected chi connectivity index (χ4v) is 3.00. The van der Waals surface area contributed by atoms with Gasteiger partial charge in [0.2, 0.25) is 5.91 Å². The van der Waals surface area contributed by atoms with Gasteiger partial charge >= 0.3 is 0 Å². The number of fused-ring (bicyclic) bond motifs is 1. The van der Waals surface area contributed by atoms with Crippen LogP contribution in [0.25, 0.3) is 0 Å². The van der Waals surface area contributed by atoms with Crippen molar-refractivity contribution in [3.8, 4) is 0 Å². The standard InChI is InChI=1S/C19H22N2O3/c1-13(2)11-18(22)20-15-7-8-16-14(12-15)5-3-9-21(16)19(23)17-6-4-10-24-17/h4,6-8,10,12-13H,3,5,9,11H2,1-2H3,(H,20,22). The van der Waals surface area contributed by atoms with E-state index in [0.29, 0.717) is 24.6 Å². The highest BCUT2D eigenvalue weighted by molar-refractivity contribution is 6.05. The number of rotatable bonds is 4. The summed E-state index contributed by atoms with van der Waals surface area (Å²) in [6, 6.07) is 9.11. The number of benzene rings is 1. The zero-order valence-electron chi connectivity index (χ0n) is 14.0. The van der Waals surface area contributed by atoms with E-state index >= 15 is 0 Å². The molecule has 2 heterocycles. The molecule has 1 aliphatic heterocycles. The zero-order chi connectivity index (χ0) is 17.1. The van der Waals surface area contributed by atoms with Crippen LogP contribution in [0.3, 0.4) is 0 Å². The molecule has 5 heteroatoms. The summed E-state index contributed by atoms with van der Waals surface area (Å²) in [6.07, 6.45) is 3.79. The minimum atomic E-state index is -0.127. The summed E-state index contributed by atoms with van der Waals surface area (Å²) in [5, 5.41) is 2.93. The zero-order valence-corrected chi connectivity index (χ0v) is 14.0. The Labute approximate surface area is 141 Å². The van der Waals surface area contributed by atoms with E-state index in [1.165, 1.54) is 6.26 Å². The van der Waals surface area contributed by atoms with Crippen LogP contribution in [0.15, 0.2) is 41.0 Å². The summed E-state index contributed by atoms with van der Waals surface area (Å²) >= 11 is 0. The molecule has 0 bridgehead atoms. The number of anilines is 2. The molecular weight excluding hydrogens is 304 g/mol. The number of carbonyl (C=O) groups is 2. The predicted octanol–water partition coefficient (Wildman–Crippen LogP) is 3.86. The van der Waals surface area contributed by atoms with Crippen molar-refractivity contribution in [1.29, 1.82) is 0 Å². The Bertz CT molecular complexity index is 735. The smallest absolute Gasteiger partial charge is 0.293 e. The number of hydrogen-bond acceptors (Lipinski definition) is 3. The molecule has 126 valence electrons. The SMILES string of the molecule is CC(C)CC(=O)Nc1ccc2c(c1)CCCN2C(=O)c1ccco1. The Morgan fingerprint density at radius 3 is 2.83 bits per heavy atom. The van der Waals surface area contributed by atoms with Gasteiger partial charge in [0, 0.05) is 24.3 Å². The van der Waals surface area contributed by atoms with Crippen LogP contribution >= 0.6 is 0 Å². The highest BCUT2D eigenvalue weighted by Crippen LogP contribution is 2.31. The summed E-state index contributed by atoms with van der Waals surface area (Å²) in [5.41, 5.74) is 2.75. The second kappa shape index (κ2) is 6.91. The summed E-state index contributed by atoms with van der Waals surface area (Å²) in [5.74, 6) is 0.558. The quantitative estimate of drug-likeness (QED) is 0.928. The van der Waals surface area contributed by atoms with Gasteiger partial charge in [-0.1, -0.05) is 13.8 Å². The molecule has 0 unspecified atom stereocenters. The summed E-state index contributed by atoms with van der Waals surface area (Å²) < 4.78 is 5.23. The molecule has 0 saturated heterocycles. The third-order valence-corrected chi connectivity index (χ3v) is 4.05. The number of nitrogens with zero attached hydrogens (tertiary/aromatic N) is 1. The van der Waals surface area contributed by atoms with Crippen LogP contribution in [0.2, 0.25) is 0 Å². The van der Waals surface area contributed by atoms with Crippen LogP contribution < -0.4 is 10.2 Å². The normalized spacial score (nSPS) is 13.7. The van der Waals surface area contributed by atoms with Crippen molar-refractivity contribution in [1.82, 2.24) is 0 Å². The van der Waals surface area contributed by atoms with Gasteiger partial charge < -0.3 is 14.6 Å². The number of furan rings is 1. The molecule has 1 aliphatic rings. The number of amides is 2. The van der Waals surface area contributed by atoms with Crippen LogP contribution in [0, 0.1) is 5.92 Å². The van der Waals surface area contributed by atoms with Crippen LogP contribution in [0.4, 0.5) is 11.4 Å². The summed E-state index contributed by atoms with van der Waals surface area (Å²) in [6.45, 7) is 4.71. The van der Waals surface area contributed by atoms with E-state index in [0.717, 1.165) is 29.8 Å². The lowest BCUT2D eigenvalue weighted by Crippen LogP contribution is -2.35. The van der Waals surface area contributed by atoms with Crippen LogP contribution in [0.5, 0.6) is 0 Å². The monoisotopic (exact) mass is 326 g/mol. The fourth-order valence-electron chi connectivity index (χ4n) is 3.00. The molecule has 5 nitrogen and oxygen atoms in total. The molecule has 0 radical (unpaired) electrons. The molecule has 0 saturated carbocycles. The van der Waals surface area contributed by atoms with Gasteiger partial charge in [0.25, 0.3) is 5.91 Å². The van der Waals surface area contributed by atoms with Gasteiger partial charge in [0.05, 0.1) is 6.26 Å². The molecule has 2 amide bonds. The van der Waals surface area contributed by atoms with Crippen molar-refractivity contribution in [2.24, 2.45) is 5.92 Å². The van der Waals surface area contributed by atoms with Crippen molar-refractivity contribution >= 4 is 23.2 Å². The minimum Gasteiger partial charge on any atom is -0.459 e. The first-order valence-corrected chi connectivity index (χ1v) is 8.32. The average Bonchev–Trinajstić information content (AvgIpc) is 3.07. The Hall–Kier alpha value is -2.56. The van der Waals surface area contributed by atoms with Crippen molar-refractivity contribution in [2.75, 3.05) is 16.8 Å². The first-order chi connectivity index (χ1) is 11.5. The molecule has 24 heavy (non-hydrogen) atoms. The van der Waals surface area contributed by atoms with Crippen molar-refractivity contribution in [3.63, 3.8) is 0 Å². The number of carbonyl (C=O) groups excluding carboxylic acids is 2. The van der Waals surface area contributed by atoms with Crippen molar-refractivity contribution < 1.29 is 14.0 Å². The first-order valence-electron chi connectivity index (χ1n) is 8.32. The Morgan fingerprint density at radius 1 is 1.29 bits per heavy atom. The van der Waals surface area contributed by atoms with E-state index < -0.39 is 0 Å². The number of hydrogen-bond donors (Lipinski definition) is 1. The minimum absolute atomic E-state index is 0.0178. The predicted molar refractivity (Wildman–Crippen MR) is 93.2 cm³/mol. The molecule has 0 fully saturated rings. The molecule has 0 atom stereocenters. The van der Waals surface area contributed by atoms with Crippen LogP contribution in [-0.4, -0.2) is 18.4 Å². The van der Waals surface area contributed by atoms with Crippen molar-refractivity contribution in [2.45, 2.75) is 33.1 Å². The molecular formula is C19H22N2O3. The molecule has 1 aromatic heterocycles. The van der Waals surface area contributed by atoms with Gasteiger partial charge in [0.15, 0.2) is 5.76 Å². The van der Waals surface area contributed by atoms with E-state index in [1.807, 2.05) is 32.0 Å². The maximum absolute atomic E-state index is 12.6. The van der Waals surface area contributed by atoms with Gasteiger partial charge in [-0.25, -0.2) is 0 Å². The maximum Gasteiger partial charge on any atom is 0.293 e. The average molecular weight is 326 g/mol. The lowest BCUT2D eigenvalue weighted by molar-refractivity contribution is -0.116. The third kappa shape index (κ3) is 3.50. The van der Waals surface area contributed by atoms with Gasteiger partial charge in [-0.2, -0.15) is 0 Å². The summed E-state index contributed by atoms with van der Waals surface area (Å²) in [4.78, 5) is 26.2. The highest BCUT2D eigenvalue weighted by atomic mass is 16.3. The van der Waals surface area contributed by atoms with Gasteiger partial charge in [-0.3, -0.25) is 9.59 Å². The molecule has 3 rings (SSSR count). The third-order valence-electron chi connectivity index (χ3n) is 4.05. The molecule has 1 aromatic carbocycles. The van der Waals surface area contributed by atoms with Gasteiger partial charge in [-0.15, -0.1) is 0 Å². The van der Waals surface area contributed by atoms with E-state index in [1.54, 1.807) is 17.0 Å². The molecule has 1 N–H and O–H groups in total. The Kier molecular flexibility index (Phi) is 4.69. The highest BCUT2D eigenvalue weighted by Gasteiger charge is 2.25.